The third kappa shape index (κ3) is 2.24. The standard InChI is InChI=1S/C13H24N2O/c1-9-5-6-11(8-12(9)14)13(16)15-7-3-4-10(15)2/h9-12H,3-8,14H2,1-2H3. The molecule has 0 aromatic rings. The first-order valence-corrected chi connectivity index (χ1v) is 6.65. The monoisotopic (exact) mass is 224 g/mol. The highest BCUT2D eigenvalue weighted by Gasteiger charge is 2.34. The van der Waals surface area contributed by atoms with Crippen LogP contribution in [0.1, 0.15) is 46.0 Å². The Balaban J connectivity index is 1.95. The van der Waals surface area contributed by atoms with E-state index in [9.17, 15) is 4.79 Å². The van der Waals surface area contributed by atoms with Crippen LogP contribution in [0.25, 0.3) is 0 Å². The lowest BCUT2D eigenvalue weighted by Crippen LogP contribution is -2.44. The quantitative estimate of drug-likeness (QED) is 0.737. The fourth-order valence-corrected chi connectivity index (χ4v) is 3.08. The van der Waals surface area contributed by atoms with E-state index in [1.807, 2.05) is 0 Å². The molecule has 0 aromatic carbocycles. The summed E-state index contributed by atoms with van der Waals surface area (Å²) in [4.78, 5) is 14.4. The van der Waals surface area contributed by atoms with Gasteiger partial charge in [-0.05, 0) is 44.9 Å². The van der Waals surface area contributed by atoms with Gasteiger partial charge in [0.15, 0.2) is 0 Å². The van der Waals surface area contributed by atoms with Crippen molar-refractivity contribution in [2.45, 2.75) is 58.0 Å². The number of rotatable bonds is 1. The molecule has 1 aliphatic carbocycles. The van der Waals surface area contributed by atoms with E-state index in [0.717, 1.165) is 25.8 Å². The fraction of sp³-hybridized carbons (Fsp3) is 0.923. The minimum absolute atomic E-state index is 0.201. The second-order valence-electron chi connectivity index (χ2n) is 5.67. The summed E-state index contributed by atoms with van der Waals surface area (Å²) >= 11 is 0. The summed E-state index contributed by atoms with van der Waals surface area (Å²) in [5.41, 5.74) is 6.07. The van der Waals surface area contributed by atoms with Gasteiger partial charge in [0, 0.05) is 24.5 Å². The molecule has 1 saturated heterocycles. The summed E-state index contributed by atoms with van der Waals surface area (Å²) in [6.07, 6.45) is 5.38. The normalized spacial score (nSPS) is 40.1. The second kappa shape index (κ2) is 4.74. The van der Waals surface area contributed by atoms with Crippen molar-refractivity contribution in [1.29, 1.82) is 0 Å². The Morgan fingerprint density at radius 1 is 1.25 bits per heavy atom. The van der Waals surface area contributed by atoms with Gasteiger partial charge in [-0.15, -0.1) is 0 Å². The Labute approximate surface area is 98.4 Å². The molecule has 0 spiro atoms. The summed E-state index contributed by atoms with van der Waals surface area (Å²) < 4.78 is 0. The van der Waals surface area contributed by atoms with Crippen molar-refractivity contribution in [3.63, 3.8) is 0 Å². The lowest BCUT2D eigenvalue weighted by Gasteiger charge is -2.34. The lowest BCUT2D eigenvalue weighted by atomic mass is 9.79. The summed E-state index contributed by atoms with van der Waals surface area (Å²) in [6, 6.07) is 0.670. The molecule has 2 fully saturated rings. The molecule has 0 radical (unpaired) electrons. The number of amides is 1. The van der Waals surface area contributed by atoms with Crippen LogP contribution in [-0.4, -0.2) is 29.4 Å². The van der Waals surface area contributed by atoms with Crippen molar-refractivity contribution in [1.82, 2.24) is 4.90 Å². The summed E-state index contributed by atoms with van der Waals surface area (Å²) in [6.45, 7) is 5.32. The van der Waals surface area contributed by atoms with E-state index in [1.165, 1.54) is 12.8 Å². The number of nitrogens with two attached hydrogens (primary N) is 1. The molecule has 1 amide bonds. The van der Waals surface area contributed by atoms with E-state index in [4.69, 9.17) is 5.73 Å². The molecule has 3 heteroatoms. The molecule has 2 aliphatic rings. The molecule has 16 heavy (non-hydrogen) atoms. The molecule has 92 valence electrons. The van der Waals surface area contributed by atoms with Crippen LogP contribution in [0, 0.1) is 11.8 Å². The van der Waals surface area contributed by atoms with E-state index in [0.29, 0.717) is 17.9 Å². The van der Waals surface area contributed by atoms with E-state index in [2.05, 4.69) is 18.7 Å². The van der Waals surface area contributed by atoms with Crippen LogP contribution in [0.2, 0.25) is 0 Å². The molecular weight excluding hydrogens is 200 g/mol. The minimum Gasteiger partial charge on any atom is -0.340 e. The van der Waals surface area contributed by atoms with Gasteiger partial charge in [-0.2, -0.15) is 0 Å². The van der Waals surface area contributed by atoms with Gasteiger partial charge in [-0.25, -0.2) is 0 Å². The Morgan fingerprint density at radius 3 is 2.56 bits per heavy atom. The minimum atomic E-state index is 0.201. The van der Waals surface area contributed by atoms with Gasteiger partial charge < -0.3 is 10.6 Å². The van der Waals surface area contributed by atoms with Crippen LogP contribution in [-0.2, 0) is 4.79 Å². The average molecular weight is 224 g/mol. The van der Waals surface area contributed by atoms with E-state index in [-0.39, 0.29) is 12.0 Å². The van der Waals surface area contributed by atoms with Gasteiger partial charge in [0.05, 0.1) is 0 Å². The van der Waals surface area contributed by atoms with Crippen molar-refractivity contribution < 1.29 is 4.79 Å². The van der Waals surface area contributed by atoms with Crippen LogP contribution in [0.3, 0.4) is 0 Å². The Kier molecular flexibility index (Phi) is 3.53. The molecule has 3 nitrogen and oxygen atoms in total. The smallest absolute Gasteiger partial charge is 0.225 e. The number of hydrogen-bond acceptors (Lipinski definition) is 2. The van der Waals surface area contributed by atoms with Gasteiger partial charge in [0.2, 0.25) is 5.91 Å². The van der Waals surface area contributed by atoms with Gasteiger partial charge in [0.25, 0.3) is 0 Å². The number of hydrogen-bond donors (Lipinski definition) is 1. The van der Waals surface area contributed by atoms with Crippen molar-refractivity contribution in [2.24, 2.45) is 17.6 Å². The molecule has 1 heterocycles. The van der Waals surface area contributed by atoms with Crippen LogP contribution in [0.4, 0.5) is 0 Å². The van der Waals surface area contributed by atoms with Gasteiger partial charge in [-0.1, -0.05) is 6.92 Å². The lowest BCUT2D eigenvalue weighted by molar-refractivity contribution is -0.137. The maximum Gasteiger partial charge on any atom is 0.225 e. The molecule has 4 atom stereocenters. The van der Waals surface area contributed by atoms with Crippen molar-refractivity contribution in [2.75, 3.05) is 6.54 Å². The van der Waals surface area contributed by atoms with Gasteiger partial charge >= 0.3 is 0 Å². The predicted octanol–water partition coefficient (Wildman–Crippen LogP) is 1.76. The highest BCUT2D eigenvalue weighted by atomic mass is 16.2. The topological polar surface area (TPSA) is 46.3 Å². The number of nitrogens with zero attached hydrogens (tertiary/aromatic N) is 1. The molecule has 2 N–H and O–H groups in total. The fourth-order valence-electron chi connectivity index (χ4n) is 3.08. The zero-order valence-electron chi connectivity index (χ0n) is 10.5. The van der Waals surface area contributed by atoms with E-state index >= 15 is 0 Å². The van der Waals surface area contributed by atoms with Gasteiger partial charge in [-0.3, -0.25) is 4.79 Å². The Hall–Kier alpha value is -0.570. The molecule has 4 unspecified atom stereocenters. The summed E-state index contributed by atoms with van der Waals surface area (Å²) in [5.74, 6) is 1.15. The SMILES string of the molecule is CC1CCC(C(=O)N2CCCC2C)CC1N. The van der Waals surface area contributed by atoms with Crippen LogP contribution < -0.4 is 5.73 Å². The Morgan fingerprint density at radius 2 is 2.00 bits per heavy atom. The number of carbonyl (C=O) groups excluding carboxylic acids is 1. The predicted molar refractivity (Wildman–Crippen MR) is 64.9 cm³/mol. The maximum absolute atomic E-state index is 12.3. The third-order valence-corrected chi connectivity index (χ3v) is 4.44. The molecule has 1 aliphatic heterocycles. The average Bonchev–Trinajstić information content (AvgIpc) is 2.67. The molecular formula is C13H24N2O. The van der Waals surface area contributed by atoms with E-state index < -0.39 is 0 Å². The maximum atomic E-state index is 12.3. The highest BCUT2D eigenvalue weighted by Crippen LogP contribution is 2.31. The van der Waals surface area contributed by atoms with Gasteiger partial charge in [0.1, 0.15) is 0 Å². The van der Waals surface area contributed by atoms with Crippen LogP contribution >= 0.6 is 0 Å². The van der Waals surface area contributed by atoms with E-state index in [1.54, 1.807) is 0 Å². The Bertz CT molecular complexity index is 267. The van der Waals surface area contributed by atoms with Crippen LogP contribution in [0.15, 0.2) is 0 Å². The van der Waals surface area contributed by atoms with Crippen LogP contribution in [0.5, 0.6) is 0 Å². The van der Waals surface area contributed by atoms with Crippen molar-refractivity contribution in [3.8, 4) is 0 Å². The summed E-state index contributed by atoms with van der Waals surface area (Å²) in [5, 5.41) is 0. The first-order valence-electron chi connectivity index (χ1n) is 6.65. The first kappa shape index (κ1) is 11.9. The number of likely N-dealkylation sites (tertiary alicyclic amines) is 1. The second-order valence-corrected chi connectivity index (χ2v) is 5.67. The third-order valence-electron chi connectivity index (χ3n) is 4.44. The van der Waals surface area contributed by atoms with Crippen molar-refractivity contribution in [3.05, 3.63) is 0 Å². The molecule has 0 aromatic heterocycles. The largest absolute Gasteiger partial charge is 0.340 e. The van der Waals surface area contributed by atoms with Crippen molar-refractivity contribution >= 4 is 5.91 Å². The molecule has 2 rings (SSSR count). The zero-order chi connectivity index (χ0) is 11.7. The zero-order valence-corrected chi connectivity index (χ0v) is 10.5. The summed E-state index contributed by atoms with van der Waals surface area (Å²) in [7, 11) is 0. The first-order chi connectivity index (χ1) is 7.59. The highest BCUT2D eigenvalue weighted by molar-refractivity contribution is 5.79. The number of carbonyl (C=O) groups is 1. The molecule has 0 bridgehead atoms. The molecule has 1 saturated carbocycles.